The third-order valence-corrected chi connectivity index (χ3v) is 7.25. The summed E-state index contributed by atoms with van der Waals surface area (Å²) < 4.78 is 10.5. The zero-order valence-electron chi connectivity index (χ0n) is 20.4. The predicted octanol–water partition coefficient (Wildman–Crippen LogP) is 4.80. The van der Waals surface area contributed by atoms with Crippen LogP contribution in [0, 0.1) is 0 Å². The quantitative estimate of drug-likeness (QED) is 0.496. The van der Waals surface area contributed by atoms with Crippen LogP contribution in [0.2, 0.25) is 0 Å². The minimum Gasteiger partial charge on any atom is -0.497 e. The lowest BCUT2D eigenvalue weighted by Gasteiger charge is -2.31. The zero-order chi connectivity index (χ0) is 24.3. The van der Waals surface area contributed by atoms with Crippen molar-refractivity contribution in [2.24, 2.45) is 0 Å². The zero-order valence-corrected chi connectivity index (χ0v) is 21.2. The number of hydrogen-bond acceptors (Lipinski definition) is 5. The van der Waals surface area contributed by atoms with Gasteiger partial charge in [0, 0.05) is 18.3 Å². The first kappa shape index (κ1) is 25.9. The van der Waals surface area contributed by atoms with Crippen molar-refractivity contribution in [3.05, 3.63) is 59.7 Å². The molecule has 1 atom stereocenters. The maximum Gasteiger partial charge on any atom is 0.242 e. The molecule has 0 saturated heterocycles. The van der Waals surface area contributed by atoms with E-state index in [1.807, 2.05) is 55.5 Å². The second-order valence-electron chi connectivity index (χ2n) is 8.73. The van der Waals surface area contributed by atoms with Crippen molar-refractivity contribution >= 4 is 23.6 Å². The summed E-state index contributed by atoms with van der Waals surface area (Å²) in [4.78, 5) is 28.1. The molecule has 2 amide bonds. The molecule has 1 unspecified atom stereocenters. The minimum absolute atomic E-state index is 0.0485. The Morgan fingerprint density at radius 1 is 1.00 bits per heavy atom. The van der Waals surface area contributed by atoms with Crippen molar-refractivity contribution in [3.8, 4) is 11.5 Å². The van der Waals surface area contributed by atoms with Gasteiger partial charge in [0.05, 0.1) is 20.0 Å². The minimum atomic E-state index is -0.554. The van der Waals surface area contributed by atoms with Crippen molar-refractivity contribution in [2.45, 2.75) is 63.4 Å². The molecule has 0 radical (unpaired) electrons. The average molecular weight is 485 g/mol. The molecule has 1 N–H and O–H groups in total. The maximum atomic E-state index is 13.3. The van der Waals surface area contributed by atoms with Crippen LogP contribution < -0.4 is 14.8 Å². The Labute approximate surface area is 207 Å². The van der Waals surface area contributed by atoms with Crippen LogP contribution >= 0.6 is 11.8 Å². The van der Waals surface area contributed by atoms with Crippen LogP contribution in [0.15, 0.2) is 48.5 Å². The second kappa shape index (κ2) is 13.3. The SMILES string of the molecule is COc1ccc(CSCC(=O)N(Cc2cccc(OC)c2)C(C)C(=O)NC2CCCCC2)cc1. The molecule has 34 heavy (non-hydrogen) atoms. The highest BCUT2D eigenvalue weighted by atomic mass is 32.2. The molecule has 6 nitrogen and oxygen atoms in total. The largest absolute Gasteiger partial charge is 0.497 e. The highest BCUT2D eigenvalue weighted by Gasteiger charge is 2.28. The third-order valence-electron chi connectivity index (χ3n) is 6.26. The van der Waals surface area contributed by atoms with Gasteiger partial charge in [-0.05, 0) is 55.2 Å². The van der Waals surface area contributed by atoms with Gasteiger partial charge in [0.15, 0.2) is 0 Å². The van der Waals surface area contributed by atoms with E-state index >= 15 is 0 Å². The van der Waals surface area contributed by atoms with Crippen LogP contribution in [0.5, 0.6) is 11.5 Å². The lowest BCUT2D eigenvalue weighted by molar-refractivity contribution is -0.139. The number of carbonyl (C=O) groups excluding carboxylic acids is 2. The maximum absolute atomic E-state index is 13.3. The second-order valence-corrected chi connectivity index (χ2v) is 9.72. The third kappa shape index (κ3) is 7.69. The van der Waals surface area contributed by atoms with Crippen LogP contribution in [-0.2, 0) is 21.9 Å². The number of rotatable bonds is 11. The molecule has 0 spiro atoms. The van der Waals surface area contributed by atoms with Gasteiger partial charge >= 0.3 is 0 Å². The van der Waals surface area contributed by atoms with Gasteiger partial charge in [-0.1, -0.05) is 43.5 Å². The first-order chi connectivity index (χ1) is 16.5. The summed E-state index contributed by atoms with van der Waals surface area (Å²) >= 11 is 1.55. The molecule has 184 valence electrons. The Kier molecular flexibility index (Phi) is 10.1. The molecule has 2 aromatic carbocycles. The molecule has 0 bridgehead atoms. The highest BCUT2D eigenvalue weighted by molar-refractivity contribution is 7.99. The van der Waals surface area contributed by atoms with E-state index in [0.29, 0.717) is 18.1 Å². The standard InChI is InChI=1S/C27H36N2O4S/c1-20(27(31)28-23-9-5-4-6-10-23)29(17-22-8-7-11-25(16-22)33-3)26(30)19-34-18-21-12-14-24(32-2)15-13-21/h7-8,11-16,20,23H,4-6,9-10,17-19H2,1-3H3,(H,28,31). The number of benzene rings is 2. The Morgan fingerprint density at radius 2 is 1.71 bits per heavy atom. The summed E-state index contributed by atoms with van der Waals surface area (Å²) in [5, 5.41) is 3.18. The van der Waals surface area contributed by atoms with Gasteiger partial charge in [-0.25, -0.2) is 0 Å². The van der Waals surface area contributed by atoms with E-state index in [2.05, 4.69) is 5.32 Å². The fraction of sp³-hybridized carbons (Fsp3) is 0.481. The molecule has 1 saturated carbocycles. The monoisotopic (exact) mass is 484 g/mol. The number of ether oxygens (including phenoxy) is 2. The molecular weight excluding hydrogens is 448 g/mol. The van der Waals surface area contributed by atoms with Crippen molar-refractivity contribution in [2.75, 3.05) is 20.0 Å². The van der Waals surface area contributed by atoms with Gasteiger partial charge < -0.3 is 19.7 Å². The van der Waals surface area contributed by atoms with Crippen molar-refractivity contribution < 1.29 is 19.1 Å². The van der Waals surface area contributed by atoms with Gasteiger partial charge in [0.25, 0.3) is 0 Å². The van der Waals surface area contributed by atoms with Crippen molar-refractivity contribution in [3.63, 3.8) is 0 Å². The number of thioether (sulfide) groups is 1. The lowest BCUT2D eigenvalue weighted by atomic mass is 9.95. The number of nitrogens with one attached hydrogen (secondary N) is 1. The number of methoxy groups -OCH3 is 2. The molecule has 1 aliphatic carbocycles. The van der Waals surface area contributed by atoms with Gasteiger partial charge in [-0.2, -0.15) is 0 Å². The fourth-order valence-electron chi connectivity index (χ4n) is 4.18. The Morgan fingerprint density at radius 3 is 2.38 bits per heavy atom. The van der Waals surface area contributed by atoms with Gasteiger partial charge in [0.1, 0.15) is 17.5 Å². The topological polar surface area (TPSA) is 67.9 Å². The molecule has 0 heterocycles. The highest BCUT2D eigenvalue weighted by Crippen LogP contribution is 2.21. The van der Waals surface area contributed by atoms with Crippen molar-refractivity contribution in [1.29, 1.82) is 0 Å². The first-order valence-corrected chi connectivity index (χ1v) is 13.1. The Balaban J connectivity index is 1.65. The van der Waals surface area contributed by atoms with Crippen LogP contribution in [0.25, 0.3) is 0 Å². The van der Waals surface area contributed by atoms with Gasteiger partial charge in [0.2, 0.25) is 11.8 Å². The van der Waals surface area contributed by atoms with E-state index in [9.17, 15) is 9.59 Å². The molecule has 1 aliphatic rings. The summed E-state index contributed by atoms with van der Waals surface area (Å²) in [6.45, 7) is 2.18. The van der Waals surface area contributed by atoms with Crippen LogP contribution in [0.1, 0.15) is 50.2 Å². The molecule has 2 aromatic rings. The molecule has 7 heteroatoms. The van der Waals surface area contributed by atoms with Crippen LogP contribution in [-0.4, -0.2) is 48.8 Å². The van der Waals surface area contributed by atoms with Crippen LogP contribution in [0.4, 0.5) is 0 Å². The summed E-state index contributed by atoms with van der Waals surface area (Å²) in [6, 6.07) is 15.2. The first-order valence-electron chi connectivity index (χ1n) is 11.9. The Hall–Kier alpha value is -2.67. The number of hydrogen-bond donors (Lipinski definition) is 1. The van der Waals surface area contributed by atoms with E-state index < -0.39 is 6.04 Å². The fourth-order valence-corrected chi connectivity index (χ4v) is 5.05. The average Bonchev–Trinajstić information content (AvgIpc) is 2.88. The molecule has 0 aliphatic heterocycles. The Bertz CT molecular complexity index is 928. The molecule has 1 fully saturated rings. The number of carbonyl (C=O) groups is 2. The summed E-state index contributed by atoms with van der Waals surface area (Å²) in [6.07, 6.45) is 5.55. The van der Waals surface area contributed by atoms with E-state index in [1.54, 1.807) is 30.9 Å². The van der Waals surface area contributed by atoms with Gasteiger partial charge in [-0.15, -0.1) is 11.8 Å². The van der Waals surface area contributed by atoms with E-state index in [1.165, 1.54) is 6.42 Å². The van der Waals surface area contributed by atoms with E-state index in [0.717, 1.165) is 48.3 Å². The van der Waals surface area contributed by atoms with E-state index in [4.69, 9.17) is 9.47 Å². The van der Waals surface area contributed by atoms with Crippen LogP contribution in [0.3, 0.4) is 0 Å². The van der Waals surface area contributed by atoms with Gasteiger partial charge in [-0.3, -0.25) is 9.59 Å². The van der Waals surface area contributed by atoms with Crippen molar-refractivity contribution in [1.82, 2.24) is 10.2 Å². The summed E-state index contributed by atoms with van der Waals surface area (Å²) in [5.74, 6) is 2.43. The summed E-state index contributed by atoms with van der Waals surface area (Å²) in [5.41, 5.74) is 2.06. The molecule has 0 aromatic heterocycles. The summed E-state index contributed by atoms with van der Waals surface area (Å²) in [7, 11) is 3.27. The smallest absolute Gasteiger partial charge is 0.242 e. The van der Waals surface area contributed by atoms with E-state index in [-0.39, 0.29) is 17.9 Å². The normalized spacial score (nSPS) is 14.8. The lowest BCUT2D eigenvalue weighted by Crippen LogP contribution is -2.50. The predicted molar refractivity (Wildman–Crippen MR) is 137 cm³/mol. The number of amides is 2. The number of nitrogens with zero attached hydrogens (tertiary/aromatic N) is 1. The molecular formula is C27H36N2O4S. The molecule has 3 rings (SSSR count).